The summed E-state index contributed by atoms with van der Waals surface area (Å²) in [4.78, 5) is 0.312. The van der Waals surface area contributed by atoms with Crippen LogP contribution < -0.4 is 16.8 Å². The molecule has 0 saturated carbocycles. The van der Waals surface area contributed by atoms with Crippen molar-refractivity contribution in [2.24, 2.45) is 5.73 Å². The van der Waals surface area contributed by atoms with Crippen molar-refractivity contribution in [1.29, 1.82) is 0 Å². The molecule has 5 N–H and O–H groups in total. The molecule has 1 rings (SSSR count). The molecule has 0 amide bonds. The molecule has 0 fully saturated rings. The van der Waals surface area contributed by atoms with Crippen LogP contribution in [0, 0.1) is 0 Å². The Hall–Kier alpha value is -1.11. The minimum atomic E-state index is -3.21. The van der Waals surface area contributed by atoms with Crippen molar-refractivity contribution in [2.75, 3.05) is 31.1 Å². The first kappa shape index (κ1) is 14.0. The van der Waals surface area contributed by atoms with E-state index in [0.717, 1.165) is 13.0 Å². The van der Waals surface area contributed by atoms with Gasteiger partial charge in [-0.25, -0.2) is 8.42 Å². The highest BCUT2D eigenvalue weighted by Crippen LogP contribution is 2.12. The van der Waals surface area contributed by atoms with Crippen LogP contribution in [-0.2, 0) is 9.84 Å². The summed E-state index contributed by atoms with van der Waals surface area (Å²) < 4.78 is 23.7. The van der Waals surface area contributed by atoms with Crippen molar-refractivity contribution < 1.29 is 8.42 Å². The number of benzene rings is 1. The van der Waals surface area contributed by atoms with E-state index in [0.29, 0.717) is 23.7 Å². The third-order valence-electron chi connectivity index (χ3n) is 2.34. The molecule has 0 aliphatic carbocycles. The Balaban J connectivity index is 2.48. The van der Waals surface area contributed by atoms with Crippen LogP contribution in [-0.4, -0.2) is 33.8 Å². The lowest BCUT2D eigenvalue weighted by molar-refractivity contribution is 0.589. The summed E-state index contributed by atoms with van der Waals surface area (Å²) in [6, 6.07) is 6.25. The van der Waals surface area contributed by atoms with Gasteiger partial charge in [-0.15, -0.1) is 0 Å². The lowest BCUT2D eigenvalue weighted by atomic mass is 10.3. The van der Waals surface area contributed by atoms with E-state index in [1.54, 1.807) is 12.1 Å². The first-order chi connectivity index (χ1) is 8.06. The molecule has 5 nitrogen and oxygen atoms in total. The number of anilines is 1. The van der Waals surface area contributed by atoms with Crippen LogP contribution >= 0.6 is 0 Å². The maximum absolute atomic E-state index is 11.9. The minimum Gasteiger partial charge on any atom is -0.399 e. The first-order valence-electron chi connectivity index (χ1n) is 5.55. The lowest BCUT2D eigenvalue weighted by Gasteiger charge is -2.06. The molecule has 0 bridgehead atoms. The summed E-state index contributed by atoms with van der Waals surface area (Å²) in [5.74, 6) is 0.0848. The molecule has 6 heteroatoms. The van der Waals surface area contributed by atoms with Crippen LogP contribution in [0.4, 0.5) is 5.69 Å². The predicted molar refractivity (Wildman–Crippen MR) is 69.4 cm³/mol. The highest BCUT2D eigenvalue weighted by molar-refractivity contribution is 7.91. The van der Waals surface area contributed by atoms with Crippen molar-refractivity contribution in [2.45, 2.75) is 11.3 Å². The van der Waals surface area contributed by atoms with Crippen LogP contribution in [0.15, 0.2) is 29.2 Å². The Morgan fingerprint density at radius 1 is 1.12 bits per heavy atom. The monoisotopic (exact) mass is 257 g/mol. The number of nitrogens with one attached hydrogen (secondary N) is 1. The Kier molecular flexibility index (Phi) is 5.40. The van der Waals surface area contributed by atoms with Crippen molar-refractivity contribution in [3.8, 4) is 0 Å². The molecule has 0 spiro atoms. The Morgan fingerprint density at radius 3 is 2.35 bits per heavy atom. The molecule has 0 atom stereocenters. The lowest BCUT2D eigenvalue weighted by Crippen LogP contribution is -2.25. The zero-order chi connectivity index (χ0) is 12.7. The van der Waals surface area contributed by atoms with Gasteiger partial charge in [-0.3, -0.25) is 0 Å². The third-order valence-corrected chi connectivity index (χ3v) is 4.08. The average molecular weight is 257 g/mol. The molecule has 1 aromatic rings. The molecule has 0 aliphatic rings. The fourth-order valence-electron chi connectivity index (χ4n) is 1.35. The van der Waals surface area contributed by atoms with Crippen molar-refractivity contribution in [1.82, 2.24) is 5.32 Å². The molecular formula is C11H19N3O2S. The second kappa shape index (κ2) is 6.58. The van der Waals surface area contributed by atoms with Gasteiger partial charge in [0, 0.05) is 12.2 Å². The van der Waals surface area contributed by atoms with Crippen LogP contribution in [0.5, 0.6) is 0 Å². The van der Waals surface area contributed by atoms with E-state index in [-0.39, 0.29) is 5.75 Å². The summed E-state index contributed by atoms with van der Waals surface area (Å²) in [6.07, 6.45) is 0.849. The summed E-state index contributed by atoms with van der Waals surface area (Å²) in [7, 11) is -3.21. The Bertz CT molecular complexity index is 429. The highest BCUT2D eigenvalue weighted by atomic mass is 32.2. The number of sulfone groups is 1. The van der Waals surface area contributed by atoms with E-state index in [1.165, 1.54) is 12.1 Å². The van der Waals surface area contributed by atoms with Crippen LogP contribution in [0.2, 0.25) is 0 Å². The number of nitrogens with two attached hydrogens (primary N) is 2. The van der Waals surface area contributed by atoms with Gasteiger partial charge in [0.15, 0.2) is 9.84 Å². The molecule has 0 aliphatic heterocycles. The summed E-state index contributed by atoms with van der Waals surface area (Å²) >= 11 is 0. The van der Waals surface area contributed by atoms with Crippen LogP contribution in [0.1, 0.15) is 6.42 Å². The van der Waals surface area contributed by atoms with Gasteiger partial charge in [-0.2, -0.15) is 0 Å². The predicted octanol–water partition coefficient (Wildman–Crippen LogP) is -0.0191. The maximum atomic E-state index is 11.9. The smallest absolute Gasteiger partial charge is 0.179 e. The molecule has 0 radical (unpaired) electrons. The zero-order valence-electron chi connectivity index (χ0n) is 9.72. The van der Waals surface area contributed by atoms with Crippen molar-refractivity contribution in [3.63, 3.8) is 0 Å². The molecule has 96 valence electrons. The fourth-order valence-corrected chi connectivity index (χ4v) is 2.55. The average Bonchev–Trinajstić information content (AvgIpc) is 2.29. The summed E-state index contributed by atoms with van der Waals surface area (Å²) in [6.45, 7) is 1.79. The minimum absolute atomic E-state index is 0.0848. The largest absolute Gasteiger partial charge is 0.399 e. The fraction of sp³-hybridized carbons (Fsp3) is 0.455. The van der Waals surface area contributed by atoms with Gasteiger partial charge in [-0.1, -0.05) is 0 Å². The maximum Gasteiger partial charge on any atom is 0.179 e. The molecule has 0 aromatic heterocycles. The number of hydrogen-bond donors (Lipinski definition) is 3. The van der Waals surface area contributed by atoms with E-state index in [9.17, 15) is 8.42 Å². The quantitative estimate of drug-likeness (QED) is 0.471. The zero-order valence-corrected chi connectivity index (χ0v) is 10.5. The van der Waals surface area contributed by atoms with Gasteiger partial charge in [0.2, 0.25) is 0 Å². The van der Waals surface area contributed by atoms with Gasteiger partial charge in [0.1, 0.15) is 0 Å². The molecule has 0 saturated heterocycles. The summed E-state index contributed by atoms with van der Waals surface area (Å²) in [5.41, 5.74) is 11.4. The van der Waals surface area contributed by atoms with Crippen LogP contribution in [0.3, 0.4) is 0 Å². The molecule has 1 aromatic carbocycles. The number of nitrogen functional groups attached to an aromatic ring is 1. The topological polar surface area (TPSA) is 98.2 Å². The van der Waals surface area contributed by atoms with Gasteiger partial charge < -0.3 is 16.8 Å². The van der Waals surface area contributed by atoms with Crippen LogP contribution in [0.25, 0.3) is 0 Å². The van der Waals surface area contributed by atoms with Crippen molar-refractivity contribution >= 4 is 15.5 Å². The van der Waals surface area contributed by atoms with E-state index < -0.39 is 9.84 Å². The Morgan fingerprint density at radius 2 is 1.76 bits per heavy atom. The van der Waals surface area contributed by atoms with Gasteiger partial charge >= 0.3 is 0 Å². The SMILES string of the molecule is NCCCNCCS(=O)(=O)c1ccc(N)cc1. The van der Waals surface area contributed by atoms with Crippen molar-refractivity contribution in [3.05, 3.63) is 24.3 Å². The van der Waals surface area contributed by atoms with E-state index >= 15 is 0 Å². The molecule has 17 heavy (non-hydrogen) atoms. The van der Waals surface area contributed by atoms with E-state index in [1.807, 2.05) is 0 Å². The molecular weight excluding hydrogens is 238 g/mol. The highest BCUT2D eigenvalue weighted by Gasteiger charge is 2.13. The molecule has 0 heterocycles. The number of rotatable bonds is 7. The Labute approximate surface area is 102 Å². The standard InChI is InChI=1S/C11H19N3O2S/c12-6-1-7-14-8-9-17(15,16)11-4-2-10(13)3-5-11/h2-5,14H,1,6-9,12-13H2. The van der Waals surface area contributed by atoms with E-state index in [4.69, 9.17) is 11.5 Å². The van der Waals surface area contributed by atoms with Gasteiger partial charge in [0.25, 0.3) is 0 Å². The summed E-state index contributed by atoms with van der Waals surface area (Å²) in [5, 5.41) is 3.04. The second-order valence-electron chi connectivity index (χ2n) is 3.78. The van der Waals surface area contributed by atoms with Gasteiger partial charge in [-0.05, 0) is 43.8 Å². The second-order valence-corrected chi connectivity index (χ2v) is 5.89. The number of hydrogen-bond acceptors (Lipinski definition) is 5. The molecule has 0 unspecified atom stereocenters. The first-order valence-corrected chi connectivity index (χ1v) is 7.20. The van der Waals surface area contributed by atoms with Gasteiger partial charge in [0.05, 0.1) is 10.6 Å². The third kappa shape index (κ3) is 4.72. The normalized spacial score (nSPS) is 11.6. The van der Waals surface area contributed by atoms with E-state index in [2.05, 4.69) is 5.32 Å².